The van der Waals surface area contributed by atoms with Crippen molar-refractivity contribution in [1.29, 1.82) is 0 Å². The van der Waals surface area contributed by atoms with Crippen molar-refractivity contribution < 1.29 is 19.8 Å². The van der Waals surface area contributed by atoms with E-state index < -0.39 is 12.2 Å². The van der Waals surface area contributed by atoms with E-state index in [1.54, 1.807) is 42.2 Å². The quantitative estimate of drug-likeness (QED) is 0.418. The fourth-order valence-corrected chi connectivity index (χ4v) is 5.84. The van der Waals surface area contributed by atoms with E-state index in [2.05, 4.69) is 9.97 Å². The zero-order valence-corrected chi connectivity index (χ0v) is 18.2. The highest BCUT2D eigenvalue weighted by molar-refractivity contribution is 7.99. The number of imide groups is 1. The molecule has 2 aromatic heterocycles. The van der Waals surface area contributed by atoms with E-state index in [9.17, 15) is 19.8 Å². The van der Waals surface area contributed by atoms with E-state index in [4.69, 9.17) is 0 Å². The average Bonchev–Trinajstić information content (AvgIpc) is 3.43. The van der Waals surface area contributed by atoms with Crippen molar-refractivity contribution in [2.75, 3.05) is 18.1 Å². The average molecular weight is 453 g/mol. The Labute approximate surface area is 189 Å². The van der Waals surface area contributed by atoms with E-state index >= 15 is 0 Å². The van der Waals surface area contributed by atoms with Gasteiger partial charge in [0.25, 0.3) is 11.8 Å². The third kappa shape index (κ3) is 3.60. The molecule has 2 aliphatic rings. The predicted octanol–water partition coefficient (Wildman–Crippen LogP) is 2.13. The maximum absolute atomic E-state index is 12.4. The van der Waals surface area contributed by atoms with Gasteiger partial charge in [0.05, 0.1) is 23.3 Å². The summed E-state index contributed by atoms with van der Waals surface area (Å²) in [5, 5.41) is 22.1. The van der Waals surface area contributed by atoms with Crippen LogP contribution in [-0.2, 0) is 0 Å². The Balaban J connectivity index is 1.13. The van der Waals surface area contributed by atoms with E-state index in [1.165, 1.54) is 11.2 Å². The highest BCUT2D eigenvalue weighted by atomic mass is 32.2. The summed E-state index contributed by atoms with van der Waals surface area (Å²) in [6, 6.07) is 8.58. The number of thioether (sulfide) groups is 1. The number of nitrogens with zero attached hydrogens (tertiary/aromatic N) is 4. The zero-order chi connectivity index (χ0) is 22.2. The summed E-state index contributed by atoms with van der Waals surface area (Å²) in [7, 11) is 0. The van der Waals surface area contributed by atoms with Gasteiger partial charge < -0.3 is 14.8 Å². The van der Waals surface area contributed by atoms with Gasteiger partial charge in [0.15, 0.2) is 0 Å². The first-order valence-corrected chi connectivity index (χ1v) is 11.9. The normalized spacial score (nSPS) is 25.1. The highest BCUT2D eigenvalue weighted by Gasteiger charge is 2.42. The first-order valence-electron chi connectivity index (χ1n) is 10.7. The van der Waals surface area contributed by atoms with Crippen LogP contribution >= 0.6 is 11.8 Å². The Morgan fingerprint density at radius 1 is 1.06 bits per heavy atom. The van der Waals surface area contributed by atoms with Gasteiger partial charge >= 0.3 is 0 Å². The summed E-state index contributed by atoms with van der Waals surface area (Å²) >= 11 is 1.67. The monoisotopic (exact) mass is 452 g/mol. The number of carbonyl (C=O) groups excluding carboxylic acids is 2. The molecule has 9 heteroatoms. The molecular formula is C23H24N4O4S. The maximum Gasteiger partial charge on any atom is 0.261 e. The molecule has 2 N–H and O–H groups in total. The van der Waals surface area contributed by atoms with Crippen molar-refractivity contribution >= 4 is 34.6 Å². The van der Waals surface area contributed by atoms with Crippen LogP contribution in [0.5, 0.6) is 0 Å². The molecule has 3 aromatic rings. The molecular weight excluding hydrogens is 428 g/mol. The lowest BCUT2D eigenvalue weighted by Crippen LogP contribution is -2.31. The van der Waals surface area contributed by atoms with Crippen LogP contribution in [-0.4, -0.2) is 71.7 Å². The number of aliphatic hydroxyl groups is 2. The van der Waals surface area contributed by atoms with E-state index in [0.717, 1.165) is 16.8 Å². The van der Waals surface area contributed by atoms with Crippen molar-refractivity contribution in [3.8, 4) is 0 Å². The smallest absolute Gasteiger partial charge is 0.261 e. The number of fused-ring (bicyclic) bond motifs is 2. The number of carbonyl (C=O) groups is 2. The summed E-state index contributed by atoms with van der Waals surface area (Å²) in [4.78, 5) is 34.5. The van der Waals surface area contributed by atoms with Crippen LogP contribution in [0.1, 0.15) is 39.6 Å². The second-order valence-electron chi connectivity index (χ2n) is 8.31. The van der Waals surface area contributed by atoms with Crippen LogP contribution in [0.25, 0.3) is 11.0 Å². The van der Waals surface area contributed by atoms with Crippen molar-refractivity contribution in [3.05, 3.63) is 60.2 Å². The number of aliphatic hydroxyl groups excluding tert-OH is 2. The van der Waals surface area contributed by atoms with Gasteiger partial charge in [-0.1, -0.05) is 12.1 Å². The third-order valence-corrected chi connectivity index (χ3v) is 7.63. The number of aromatic nitrogens is 3. The summed E-state index contributed by atoms with van der Waals surface area (Å²) in [5.41, 5.74) is 1.70. The Hall–Kier alpha value is -2.75. The zero-order valence-electron chi connectivity index (χ0n) is 17.4. The molecule has 4 atom stereocenters. The van der Waals surface area contributed by atoms with Gasteiger partial charge in [-0.15, -0.1) is 0 Å². The molecule has 166 valence electrons. The molecule has 32 heavy (non-hydrogen) atoms. The summed E-state index contributed by atoms with van der Waals surface area (Å²) in [5.74, 6) is 0.965. The molecule has 1 aromatic carbocycles. The van der Waals surface area contributed by atoms with Crippen molar-refractivity contribution in [2.24, 2.45) is 5.92 Å². The minimum atomic E-state index is -0.857. The molecule has 0 bridgehead atoms. The number of hydrogen-bond donors (Lipinski definition) is 2. The SMILES string of the molecule is O=C1c2ccccc2C(=O)N1CCCSC[C@H]1C[C@@H](n2ccc3cncnc32)[C@H](O)[C@@H]1O. The van der Waals surface area contributed by atoms with E-state index in [0.29, 0.717) is 36.3 Å². The second-order valence-corrected chi connectivity index (χ2v) is 9.45. The van der Waals surface area contributed by atoms with Gasteiger partial charge in [0, 0.05) is 24.3 Å². The predicted molar refractivity (Wildman–Crippen MR) is 120 cm³/mol. The fourth-order valence-electron chi connectivity index (χ4n) is 4.71. The Bertz CT molecular complexity index is 1130. The molecule has 1 aliphatic carbocycles. The van der Waals surface area contributed by atoms with Gasteiger partial charge in [-0.2, -0.15) is 11.8 Å². The van der Waals surface area contributed by atoms with Gasteiger partial charge in [-0.05, 0) is 48.5 Å². The highest BCUT2D eigenvalue weighted by Crippen LogP contribution is 2.38. The second kappa shape index (κ2) is 8.65. The fraction of sp³-hybridized carbons (Fsp3) is 0.391. The minimum Gasteiger partial charge on any atom is -0.390 e. The van der Waals surface area contributed by atoms with Crippen LogP contribution in [0.15, 0.2) is 49.1 Å². The molecule has 2 amide bonds. The van der Waals surface area contributed by atoms with E-state index in [-0.39, 0.29) is 23.8 Å². The van der Waals surface area contributed by atoms with Gasteiger partial charge in [-0.3, -0.25) is 14.5 Å². The maximum atomic E-state index is 12.4. The van der Waals surface area contributed by atoms with Crippen LogP contribution in [0.2, 0.25) is 0 Å². The van der Waals surface area contributed by atoms with Crippen LogP contribution in [0, 0.1) is 5.92 Å². The van der Waals surface area contributed by atoms with Crippen LogP contribution in [0.3, 0.4) is 0 Å². The Morgan fingerprint density at radius 2 is 1.81 bits per heavy atom. The molecule has 0 saturated heterocycles. The molecule has 1 saturated carbocycles. The lowest BCUT2D eigenvalue weighted by molar-refractivity contribution is 0.0104. The van der Waals surface area contributed by atoms with Gasteiger partial charge in [0.1, 0.15) is 18.1 Å². The van der Waals surface area contributed by atoms with Crippen molar-refractivity contribution in [1.82, 2.24) is 19.4 Å². The molecule has 0 spiro atoms. The van der Waals surface area contributed by atoms with E-state index in [1.807, 2.05) is 16.8 Å². The summed E-state index contributed by atoms with van der Waals surface area (Å²) < 4.78 is 1.93. The topological polar surface area (TPSA) is 109 Å². The van der Waals surface area contributed by atoms with Crippen LogP contribution in [0.4, 0.5) is 0 Å². The largest absolute Gasteiger partial charge is 0.390 e. The summed E-state index contributed by atoms with van der Waals surface area (Å²) in [6.45, 7) is 0.382. The molecule has 0 unspecified atom stereocenters. The number of amides is 2. The first-order chi connectivity index (χ1) is 15.6. The number of hydrogen-bond acceptors (Lipinski definition) is 7. The van der Waals surface area contributed by atoms with Crippen molar-refractivity contribution in [3.63, 3.8) is 0 Å². The van der Waals surface area contributed by atoms with Crippen molar-refractivity contribution in [2.45, 2.75) is 31.1 Å². The Kier molecular flexibility index (Phi) is 5.71. The third-order valence-electron chi connectivity index (χ3n) is 6.39. The van der Waals surface area contributed by atoms with Crippen LogP contribution < -0.4 is 0 Å². The standard InChI is InChI=1S/C23H24N4O4S/c28-19-15(10-18(20(19)29)26-8-6-14-11-24-13-25-21(14)26)12-32-9-3-7-27-22(30)16-4-1-2-5-17(16)23(27)31/h1-2,4-6,8,11,13,15,18-20,28-29H,3,7,9-10,12H2/t15-,18-,19-,20+/m1/s1. The van der Waals surface area contributed by atoms with Gasteiger partial charge in [0.2, 0.25) is 0 Å². The molecule has 5 rings (SSSR count). The van der Waals surface area contributed by atoms with Gasteiger partial charge in [-0.25, -0.2) is 9.97 Å². The lowest BCUT2D eigenvalue weighted by Gasteiger charge is -2.18. The minimum absolute atomic E-state index is 0.0430. The summed E-state index contributed by atoms with van der Waals surface area (Å²) in [6.07, 6.45) is 4.78. The first kappa shape index (κ1) is 21.1. The lowest BCUT2D eigenvalue weighted by atomic mass is 10.1. The Morgan fingerprint density at radius 3 is 2.56 bits per heavy atom. The molecule has 1 fully saturated rings. The molecule has 3 heterocycles. The molecule has 8 nitrogen and oxygen atoms in total. The number of rotatable bonds is 7. The molecule has 0 radical (unpaired) electrons. The number of benzene rings is 1. The molecule has 1 aliphatic heterocycles.